The molecule has 0 aliphatic carbocycles. The van der Waals surface area contributed by atoms with E-state index in [2.05, 4.69) is 37.4 Å². The molecule has 1 heterocycles. The Balaban J connectivity index is 2.39. The van der Waals surface area contributed by atoms with Crippen LogP contribution in [0.1, 0.15) is 27.2 Å². The van der Waals surface area contributed by atoms with Gasteiger partial charge in [0, 0.05) is 37.8 Å². The molecule has 0 aliphatic heterocycles. The fraction of sp³-hybridized carbons (Fsp3) is 0.440. The Morgan fingerprint density at radius 2 is 1.86 bits per heavy atom. The second kappa shape index (κ2) is 12.2. The molecule has 0 fully saturated rings. The number of hydrogen-bond donors (Lipinski definition) is 3. The van der Waals surface area contributed by atoms with E-state index in [1.807, 2.05) is 52.9 Å². The number of carbonyl (C=O) groups excluding carboxylic acids is 2. The van der Waals surface area contributed by atoms with E-state index in [4.69, 9.17) is 4.74 Å². The zero-order valence-corrected chi connectivity index (χ0v) is 21.7. The Bertz CT molecular complexity index is 1050. The van der Waals surface area contributed by atoms with Crippen LogP contribution in [0.15, 0.2) is 37.1 Å². The molecule has 0 unspecified atom stereocenters. The third-order valence-electron chi connectivity index (χ3n) is 5.70. The van der Waals surface area contributed by atoms with Crippen molar-refractivity contribution in [3.8, 4) is 5.75 Å². The Hall–Kier alpha value is -3.66. The van der Waals surface area contributed by atoms with E-state index in [9.17, 15) is 9.59 Å². The van der Waals surface area contributed by atoms with Gasteiger partial charge in [0.2, 0.25) is 17.8 Å². The number of ether oxygens (including phenoxy) is 1. The number of benzene rings is 1. The first-order valence-electron chi connectivity index (χ1n) is 11.4. The van der Waals surface area contributed by atoms with E-state index >= 15 is 0 Å². The minimum absolute atomic E-state index is 0.123. The lowest BCUT2D eigenvalue weighted by atomic mass is 9.89. The highest BCUT2D eigenvalue weighted by Gasteiger charge is 2.25. The van der Waals surface area contributed by atoms with Crippen LogP contribution in [-0.4, -0.2) is 68.0 Å². The first kappa shape index (κ1) is 27.6. The van der Waals surface area contributed by atoms with Crippen LogP contribution >= 0.6 is 0 Å². The van der Waals surface area contributed by atoms with Gasteiger partial charge in [-0.1, -0.05) is 27.4 Å². The molecule has 10 nitrogen and oxygen atoms in total. The van der Waals surface area contributed by atoms with Gasteiger partial charge in [-0.15, -0.1) is 0 Å². The number of anilines is 5. The number of carbonyl (C=O) groups is 2. The van der Waals surface area contributed by atoms with Crippen molar-refractivity contribution >= 4 is 40.6 Å². The number of rotatable bonds is 12. The summed E-state index contributed by atoms with van der Waals surface area (Å²) in [6.45, 7) is 10.8. The molecule has 2 amide bonds. The van der Waals surface area contributed by atoms with Gasteiger partial charge >= 0.3 is 0 Å². The van der Waals surface area contributed by atoms with E-state index in [1.54, 1.807) is 25.4 Å². The minimum Gasteiger partial charge on any atom is -0.494 e. The number of likely N-dealkylation sites (N-methyl/N-ethyl adjacent to an activating group) is 2. The fourth-order valence-electron chi connectivity index (χ4n) is 2.96. The molecule has 0 spiro atoms. The summed E-state index contributed by atoms with van der Waals surface area (Å²) in [6.07, 6.45) is 3.47. The maximum atomic E-state index is 12.5. The third kappa shape index (κ3) is 7.68. The van der Waals surface area contributed by atoms with Crippen molar-refractivity contribution in [3.05, 3.63) is 37.1 Å². The van der Waals surface area contributed by atoms with Crippen LogP contribution in [0.4, 0.5) is 28.8 Å². The van der Waals surface area contributed by atoms with E-state index < -0.39 is 5.41 Å². The fourth-order valence-corrected chi connectivity index (χ4v) is 2.96. The zero-order chi connectivity index (χ0) is 26.2. The summed E-state index contributed by atoms with van der Waals surface area (Å²) in [5.41, 5.74) is 1.39. The van der Waals surface area contributed by atoms with Crippen molar-refractivity contribution in [2.75, 3.05) is 62.2 Å². The van der Waals surface area contributed by atoms with E-state index in [-0.39, 0.29) is 17.8 Å². The van der Waals surface area contributed by atoms with Crippen molar-refractivity contribution < 1.29 is 14.3 Å². The normalized spacial score (nSPS) is 11.1. The minimum atomic E-state index is -0.519. The molecule has 190 valence electrons. The lowest BCUT2D eigenvalue weighted by Crippen LogP contribution is -2.30. The van der Waals surface area contributed by atoms with Gasteiger partial charge in [0.1, 0.15) is 11.6 Å². The summed E-state index contributed by atoms with van der Waals surface area (Å²) >= 11 is 0. The third-order valence-corrected chi connectivity index (χ3v) is 5.70. The standard InChI is InChI=1S/C25H37N7O3/c1-9-22(33)27-17-15-18(20(35-8)16-19(17)32(7)14-13-31(5)6)28-24-26-12-11-21(30-24)29-23(34)25(3,4)10-2/h9,11-12,15-16H,1,10,13-14H2,2-8H3,(H,27,33)(H2,26,28,29,30,34). The Morgan fingerprint density at radius 1 is 1.14 bits per heavy atom. The van der Waals surface area contributed by atoms with Gasteiger partial charge in [-0.25, -0.2) is 4.98 Å². The molecule has 3 N–H and O–H groups in total. The van der Waals surface area contributed by atoms with Crippen molar-refractivity contribution in [2.45, 2.75) is 27.2 Å². The molecule has 0 atom stereocenters. The first-order valence-corrected chi connectivity index (χ1v) is 11.4. The molecule has 0 saturated heterocycles. The van der Waals surface area contributed by atoms with Gasteiger partial charge in [-0.3, -0.25) is 9.59 Å². The lowest BCUT2D eigenvalue weighted by molar-refractivity contribution is -0.124. The number of nitrogens with zero attached hydrogens (tertiary/aromatic N) is 4. The number of hydrogen-bond acceptors (Lipinski definition) is 8. The van der Waals surface area contributed by atoms with Crippen molar-refractivity contribution in [1.82, 2.24) is 14.9 Å². The van der Waals surface area contributed by atoms with E-state index in [0.29, 0.717) is 29.4 Å². The molecule has 35 heavy (non-hydrogen) atoms. The molecular weight excluding hydrogens is 446 g/mol. The van der Waals surface area contributed by atoms with Gasteiger partial charge in [0.15, 0.2) is 0 Å². The van der Waals surface area contributed by atoms with Crippen molar-refractivity contribution in [3.63, 3.8) is 0 Å². The topological polar surface area (TPSA) is 112 Å². The maximum Gasteiger partial charge on any atom is 0.247 e. The van der Waals surface area contributed by atoms with Crippen molar-refractivity contribution in [2.24, 2.45) is 5.41 Å². The Morgan fingerprint density at radius 3 is 2.46 bits per heavy atom. The summed E-state index contributed by atoms with van der Waals surface area (Å²) in [5, 5.41) is 8.84. The molecule has 2 rings (SSSR count). The highest BCUT2D eigenvalue weighted by Crippen LogP contribution is 2.38. The van der Waals surface area contributed by atoms with Crippen LogP contribution in [0.2, 0.25) is 0 Å². The zero-order valence-electron chi connectivity index (χ0n) is 21.7. The summed E-state index contributed by atoms with van der Waals surface area (Å²) in [6, 6.07) is 5.23. The Kier molecular flexibility index (Phi) is 9.59. The van der Waals surface area contributed by atoms with Gasteiger partial charge in [0.05, 0.1) is 24.2 Å². The second-order valence-electron chi connectivity index (χ2n) is 9.07. The summed E-state index contributed by atoms with van der Waals surface area (Å²) in [7, 11) is 7.52. The maximum absolute atomic E-state index is 12.5. The monoisotopic (exact) mass is 483 g/mol. The average Bonchev–Trinajstić information content (AvgIpc) is 2.82. The van der Waals surface area contributed by atoms with Crippen LogP contribution in [0.3, 0.4) is 0 Å². The largest absolute Gasteiger partial charge is 0.494 e. The number of nitrogens with one attached hydrogen (secondary N) is 3. The number of amides is 2. The van der Waals surface area contributed by atoms with Crippen LogP contribution in [0.5, 0.6) is 5.75 Å². The lowest BCUT2D eigenvalue weighted by Gasteiger charge is -2.26. The number of aromatic nitrogens is 2. The van der Waals surface area contributed by atoms with Crippen molar-refractivity contribution in [1.29, 1.82) is 0 Å². The van der Waals surface area contributed by atoms with Gasteiger partial charge in [-0.05, 0) is 38.7 Å². The van der Waals surface area contributed by atoms with Crippen LogP contribution in [0, 0.1) is 5.41 Å². The molecule has 0 aliphatic rings. The number of methoxy groups -OCH3 is 1. The smallest absolute Gasteiger partial charge is 0.247 e. The van der Waals surface area contributed by atoms with Crippen LogP contribution in [-0.2, 0) is 9.59 Å². The van der Waals surface area contributed by atoms with Crippen LogP contribution in [0.25, 0.3) is 0 Å². The Labute approximate surface area is 207 Å². The average molecular weight is 484 g/mol. The second-order valence-corrected chi connectivity index (χ2v) is 9.07. The van der Waals surface area contributed by atoms with Crippen LogP contribution < -0.4 is 25.6 Å². The summed E-state index contributed by atoms with van der Waals surface area (Å²) in [4.78, 5) is 37.5. The summed E-state index contributed by atoms with van der Waals surface area (Å²) < 4.78 is 5.62. The SMILES string of the molecule is C=CC(=O)Nc1cc(Nc2nccc(NC(=O)C(C)(C)CC)n2)c(OC)cc1N(C)CCN(C)C. The predicted molar refractivity (Wildman–Crippen MR) is 142 cm³/mol. The molecule has 10 heteroatoms. The first-order chi connectivity index (χ1) is 16.5. The molecule has 0 bridgehead atoms. The molecule has 1 aromatic carbocycles. The highest BCUT2D eigenvalue weighted by molar-refractivity contribution is 6.02. The molecule has 2 aromatic rings. The summed E-state index contributed by atoms with van der Waals surface area (Å²) in [5.74, 6) is 0.737. The van der Waals surface area contributed by atoms with Gasteiger partial charge in [-0.2, -0.15) is 4.98 Å². The molecular formula is C25H37N7O3. The quantitative estimate of drug-likeness (QED) is 0.392. The molecule has 0 saturated carbocycles. The predicted octanol–water partition coefficient (Wildman–Crippen LogP) is 3.73. The van der Waals surface area contributed by atoms with E-state index in [0.717, 1.165) is 18.8 Å². The van der Waals surface area contributed by atoms with Gasteiger partial charge < -0.3 is 30.5 Å². The van der Waals surface area contributed by atoms with E-state index in [1.165, 1.54) is 6.08 Å². The van der Waals surface area contributed by atoms with Gasteiger partial charge in [0.25, 0.3) is 0 Å². The highest BCUT2D eigenvalue weighted by atomic mass is 16.5. The molecule has 0 radical (unpaired) electrons. The molecule has 1 aromatic heterocycles.